The number of rotatable bonds is 9. The molecule has 0 radical (unpaired) electrons. The van der Waals surface area contributed by atoms with E-state index in [1.807, 2.05) is 13.8 Å². The van der Waals surface area contributed by atoms with E-state index < -0.39 is 12.8 Å². The van der Waals surface area contributed by atoms with Crippen molar-refractivity contribution in [1.29, 1.82) is 0 Å². The quantitative estimate of drug-likeness (QED) is 0.711. The van der Waals surface area contributed by atoms with Crippen LogP contribution in [-0.2, 0) is 11.2 Å². The number of likely N-dealkylation sites (N-methyl/N-ethyl adjacent to an activating group) is 1. The van der Waals surface area contributed by atoms with Crippen LogP contribution in [0.25, 0.3) is 0 Å². The summed E-state index contributed by atoms with van der Waals surface area (Å²) in [5, 5.41) is 7.10. The van der Waals surface area contributed by atoms with Crippen molar-refractivity contribution in [2.24, 2.45) is 0 Å². The Bertz CT molecular complexity index is 410. The van der Waals surface area contributed by atoms with Crippen LogP contribution in [0.4, 0.5) is 13.2 Å². The third-order valence-electron chi connectivity index (χ3n) is 3.12. The molecule has 1 N–H and O–H groups in total. The number of ether oxygens (including phenoxy) is 1. The minimum atomic E-state index is -4.31. The summed E-state index contributed by atoms with van der Waals surface area (Å²) in [5.74, 6) is 0.909. The van der Waals surface area contributed by atoms with Crippen molar-refractivity contribution >= 4 is 0 Å². The minimum absolute atomic E-state index is 0.0484. The zero-order valence-corrected chi connectivity index (χ0v) is 12.5. The standard InChI is InChI=1S/C13H22F3N3O2/c1-4-10(17-5-2)9(3)12-18-11(19-21-12)6-7-20-8-13(14,15)16/h9-10,17H,4-8H2,1-3H3. The largest absolute Gasteiger partial charge is 0.411 e. The lowest BCUT2D eigenvalue weighted by Crippen LogP contribution is -2.33. The third kappa shape index (κ3) is 6.43. The molecule has 0 aliphatic heterocycles. The van der Waals surface area contributed by atoms with Gasteiger partial charge in [0.2, 0.25) is 5.89 Å². The molecular weight excluding hydrogens is 287 g/mol. The fourth-order valence-corrected chi connectivity index (χ4v) is 2.01. The maximum absolute atomic E-state index is 11.9. The van der Waals surface area contributed by atoms with Gasteiger partial charge in [0.15, 0.2) is 5.82 Å². The molecule has 1 aromatic rings. The molecule has 0 amide bonds. The zero-order valence-electron chi connectivity index (χ0n) is 12.5. The molecule has 8 heteroatoms. The topological polar surface area (TPSA) is 60.2 Å². The molecule has 2 unspecified atom stereocenters. The Morgan fingerprint density at radius 3 is 2.62 bits per heavy atom. The van der Waals surface area contributed by atoms with Crippen LogP contribution in [0.1, 0.15) is 44.8 Å². The molecule has 0 aliphatic carbocycles. The third-order valence-corrected chi connectivity index (χ3v) is 3.12. The van der Waals surface area contributed by atoms with Crippen molar-refractivity contribution < 1.29 is 22.4 Å². The van der Waals surface area contributed by atoms with Gasteiger partial charge < -0.3 is 14.6 Å². The predicted molar refractivity (Wildman–Crippen MR) is 71.0 cm³/mol. The number of alkyl halides is 3. The molecule has 5 nitrogen and oxygen atoms in total. The molecule has 0 spiro atoms. The maximum Gasteiger partial charge on any atom is 0.411 e. The van der Waals surface area contributed by atoms with Gasteiger partial charge in [-0.2, -0.15) is 18.2 Å². The molecule has 0 bridgehead atoms. The normalized spacial score (nSPS) is 15.1. The second kappa shape index (κ2) is 8.33. The van der Waals surface area contributed by atoms with E-state index in [-0.39, 0.29) is 25.0 Å². The summed E-state index contributed by atoms with van der Waals surface area (Å²) in [6, 6.07) is 0.227. The molecule has 1 rings (SSSR count). The Hall–Kier alpha value is -1.15. The van der Waals surface area contributed by atoms with Gasteiger partial charge in [0.1, 0.15) is 6.61 Å². The van der Waals surface area contributed by atoms with Gasteiger partial charge in [0, 0.05) is 12.5 Å². The van der Waals surface area contributed by atoms with Gasteiger partial charge in [-0.15, -0.1) is 0 Å². The van der Waals surface area contributed by atoms with Crippen molar-refractivity contribution in [1.82, 2.24) is 15.5 Å². The number of aromatic nitrogens is 2. The molecule has 0 saturated heterocycles. The molecule has 21 heavy (non-hydrogen) atoms. The van der Waals surface area contributed by atoms with E-state index in [2.05, 4.69) is 27.1 Å². The molecule has 0 aromatic carbocycles. The van der Waals surface area contributed by atoms with Gasteiger partial charge in [-0.3, -0.25) is 0 Å². The van der Waals surface area contributed by atoms with Crippen LogP contribution in [0, 0.1) is 0 Å². The van der Waals surface area contributed by atoms with Crippen molar-refractivity contribution in [2.45, 2.75) is 51.7 Å². The molecule has 1 heterocycles. The average Bonchev–Trinajstić information content (AvgIpc) is 2.88. The van der Waals surface area contributed by atoms with Crippen molar-refractivity contribution in [2.75, 3.05) is 19.8 Å². The summed E-state index contributed by atoms with van der Waals surface area (Å²) in [6.07, 6.45) is -3.19. The Kier molecular flexibility index (Phi) is 7.10. The van der Waals surface area contributed by atoms with Crippen LogP contribution in [-0.4, -0.2) is 42.1 Å². The minimum Gasteiger partial charge on any atom is -0.372 e. The maximum atomic E-state index is 11.9. The fourth-order valence-electron chi connectivity index (χ4n) is 2.01. The second-order valence-electron chi connectivity index (χ2n) is 4.83. The smallest absolute Gasteiger partial charge is 0.372 e. The highest BCUT2D eigenvalue weighted by Crippen LogP contribution is 2.19. The summed E-state index contributed by atoms with van der Waals surface area (Å²) < 4.78 is 45.4. The fraction of sp³-hybridized carbons (Fsp3) is 0.846. The Balaban J connectivity index is 2.45. The van der Waals surface area contributed by atoms with E-state index in [4.69, 9.17) is 4.52 Å². The van der Waals surface area contributed by atoms with Gasteiger partial charge in [0.25, 0.3) is 0 Å². The molecule has 0 aliphatic rings. The first-order chi connectivity index (χ1) is 9.87. The van der Waals surface area contributed by atoms with Crippen LogP contribution in [0.15, 0.2) is 4.52 Å². The molecule has 0 fully saturated rings. The highest BCUT2D eigenvalue weighted by atomic mass is 19.4. The first kappa shape index (κ1) is 17.9. The van der Waals surface area contributed by atoms with E-state index >= 15 is 0 Å². The van der Waals surface area contributed by atoms with E-state index in [9.17, 15) is 13.2 Å². The number of hydrogen-bond acceptors (Lipinski definition) is 5. The van der Waals surface area contributed by atoms with Gasteiger partial charge >= 0.3 is 6.18 Å². The highest BCUT2D eigenvalue weighted by molar-refractivity contribution is 4.97. The predicted octanol–water partition coefficient (Wildman–Crippen LogP) is 2.68. The Labute approximate surface area is 122 Å². The lowest BCUT2D eigenvalue weighted by Gasteiger charge is -2.20. The van der Waals surface area contributed by atoms with E-state index in [1.165, 1.54) is 0 Å². The van der Waals surface area contributed by atoms with Gasteiger partial charge in [-0.25, -0.2) is 0 Å². The SMILES string of the molecule is CCNC(CC)C(C)c1nc(CCOCC(F)(F)F)no1. The summed E-state index contributed by atoms with van der Waals surface area (Å²) in [7, 11) is 0. The lowest BCUT2D eigenvalue weighted by atomic mass is 9.99. The van der Waals surface area contributed by atoms with Crippen LogP contribution in [0.2, 0.25) is 0 Å². The number of hydrogen-bond donors (Lipinski definition) is 1. The van der Waals surface area contributed by atoms with E-state index in [0.717, 1.165) is 13.0 Å². The van der Waals surface area contributed by atoms with Crippen molar-refractivity contribution in [3.63, 3.8) is 0 Å². The molecule has 2 atom stereocenters. The van der Waals surface area contributed by atoms with Gasteiger partial charge in [-0.05, 0) is 13.0 Å². The monoisotopic (exact) mass is 309 g/mol. The molecular formula is C13H22F3N3O2. The van der Waals surface area contributed by atoms with E-state index in [0.29, 0.717) is 11.7 Å². The summed E-state index contributed by atoms with van der Waals surface area (Å²) in [6.45, 7) is 5.56. The second-order valence-corrected chi connectivity index (χ2v) is 4.83. The summed E-state index contributed by atoms with van der Waals surface area (Å²) >= 11 is 0. The van der Waals surface area contributed by atoms with Crippen LogP contribution >= 0.6 is 0 Å². The van der Waals surface area contributed by atoms with Crippen LogP contribution in [0.3, 0.4) is 0 Å². The lowest BCUT2D eigenvalue weighted by molar-refractivity contribution is -0.173. The average molecular weight is 309 g/mol. The Morgan fingerprint density at radius 1 is 1.33 bits per heavy atom. The van der Waals surface area contributed by atoms with Crippen molar-refractivity contribution in [3.8, 4) is 0 Å². The number of halogens is 3. The first-order valence-corrected chi connectivity index (χ1v) is 7.07. The molecule has 0 saturated carbocycles. The first-order valence-electron chi connectivity index (χ1n) is 7.07. The highest BCUT2D eigenvalue weighted by Gasteiger charge is 2.27. The van der Waals surface area contributed by atoms with Crippen LogP contribution in [0.5, 0.6) is 0 Å². The zero-order chi connectivity index (χ0) is 15.9. The van der Waals surface area contributed by atoms with Crippen LogP contribution < -0.4 is 5.32 Å². The number of nitrogens with zero attached hydrogens (tertiary/aromatic N) is 2. The number of nitrogens with one attached hydrogen (secondary N) is 1. The van der Waals surface area contributed by atoms with Gasteiger partial charge in [-0.1, -0.05) is 25.9 Å². The summed E-state index contributed by atoms with van der Waals surface area (Å²) in [4.78, 5) is 4.22. The van der Waals surface area contributed by atoms with Crippen molar-refractivity contribution in [3.05, 3.63) is 11.7 Å². The molecule has 1 aromatic heterocycles. The van der Waals surface area contributed by atoms with E-state index in [1.54, 1.807) is 0 Å². The molecule has 122 valence electrons. The summed E-state index contributed by atoms with van der Waals surface area (Å²) in [5.41, 5.74) is 0. The van der Waals surface area contributed by atoms with Gasteiger partial charge in [0.05, 0.1) is 12.5 Å². The Morgan fingerprint density at radius 2 is 2.05 bits per heavy atom.